The van der Waals surface area contributed by atoms with E-state index in [4.69, 9.17) is 4.74 Å². The average Bonchev–Trinajstić information content (AvgIpc) is 2.78. The number of ether oxygens (including phenoxy) is 1. The third kappa shape index (κ3) is 2.09. The van der Waals surface area contributed by atoms with Gasteiger partial charge in [0.25, 0.3) is 5.91 Å². The molecule has 20 heavy (non-hydrogen) atoms. The van der Waals surface area contributed by atoms with Crippen LogP contribution < -0.4 is 15.4 Å². The number of aryl methyl sites for hydroxylation is 1. The Morgan fingerprint density at radius 2 is 2.25 bits per heavy atom. The molecule has 2 aromatic rings. The Bertz CT molecular complexity index is 663. The van der Waals surface area contributed by atoms with Crippen molar-refractivity contribution in [1.82, 2.24) is 10.2 Å². The van der Waals surface area contributed by atoms with Crippen LogP contribution >= 0.6 is 0 Å². The van der Waals surface area contributed by atoms with Crippen LogP contribution in [-0.4, -0.2) is 29.3 Å². The Morgan fingerprint density at radius 3 is 3.00 bits per heavy atom. The van der Waals surface area contributed by atoms with Crippen molar-refractivity contribution in [2.75, 3.05) is 23.8 Å². The van der Waals surface area contributed by atoms with Gasteiger partial charge in [-0.3, -0.25) is 9.89 Å². The lowest BCUT2D eigenvalue weighted by Crippen LogP contribution is -2.22. The first-order valence-corrected chi connectivity index (χ1v) is 6.49. The van der Waals surface area contributed by atoms with Crippen LogP contribution in [0.25, 0.3) is 0 Å². The van der Waals surface area contributed by atoms with Crippen molar-refractivity contribution in [1.29, 1.82) is 0 Å². The van der Waals surface area contributed by atoms with E-state index in [1.54, 1.807) is 6.07 Å². The zero-order chi connectivity index (χ0) is 14.1. The molecule has 1 amide bonds. The smallest absolute Gasteiger partial charge is 0.260 e. The molecule has 3 rings (SSSR count). The van der Waals surface area contributed by atoms with E-state index in [9.17, 15) is 4.79 Å². The maximum atomic E-state index is 12.4. The van der Waals surface area contributed by atoms with Gasteiger partial charge in [-0.15, -0.1) is 0 Å². The van der Waals surface area contributed by atoms with E-state index in [-0.39, 0.29) is 5.91 Å². The minimum absolute atomic E-state index is 0.222. The number of hydrogen-bond acceptors (Lipinski definition) is 4. The lowest BCUT2D eigenvalue weighted by molar-refractivity contribution is 0.102. The molecule has 6 nitrogen and oxygen atoms in total. The lowest BCUT2D eigenvalue weighted by Gasteiger charge is -2.21. The van der Waals surface area contributed by atoms with E-state index in [2.05, 4.69) is 20.8 Å². The molecule has 104 valence electrons. The summed E-state index contributed by atoms with van der Waals surface area (Å²) in [5.41, 5.74) is 3.23. The monoisotopic (exact) mass is 272 g/mol. The number of nitrogens with zero attached hydrogens (tertiary/aromatic N) is 1. The fraction of sp³-hybridized carbons (Fsp3) is 0.286. The highest BCUT2D eigenvalue weighted by atomic mass is 16.5. The van der Waals surface area contributed by atoms with Gasteiger partial charge in [0.15, 0.2) is 11.6 Å². The van der Waals surface area contributed by atoms with E-state index >= 15 is 0 Å². The second-order valence-electron chi connectivity index (χ2n) is 4.73. The van der Waals surface area contributed by atoms with Gasteiger partial charge in [0, 0.05) is 17.8 Å². The minimum Gasteiger partial charge on any atom is -0.489 e. The molecule has 0 atom stereocenters. The first-order valence-electron chi connectivity index (χ1n) is 6.49. The number of aromatic amines is 1. The van der Waals surface area contributed by atoms with Gasteiger partial charge in [-0.05, 0) is 26.0 Å². The van der Waals surface area contributed by atoms with Gasteiger partial charge in [-0.2, -0.15) is 5.10 Å². The van der Waals surface area contributed by atoms with E-state index in [1.165, 1.54) is 0 Å². The molecule has 0 saturated heterocycles. The molecule has 2 heterocycles. The SMILES string of the molecule is Cc1[nH]nc(NC(=O)c2cccc3c2OCCN3)c1C. The van der Waals surface area contributed by atoms with Crippen LogP contribution in [0.1, 0.15) is 21.6 Å². The minimum atomic E-state index is -0.222. The number of aromatic nitrogens is 2. The number of para-hydroxylation sites is 1. The zero-order valence-electron chi connectivity index (χ0n) is 11.4. The van der Waals surface area contributed by atoms with Gasteiger partial charge < -0.3 is 15.4 Å². The van der Waals surface area contributed by atoms with Gasteiger partial charge in [0.1, 0.15) is 6.61 Å². The van der Waals surface area contributed by atoms with E-state index in [0.29, 0.717) is 23.7 Å². The van der Waals surface area contributed by atoms with Crippen LogP contribution in [0, 0.1) is 13.8 Å². The molecule has 0 radical (unpaired) electrons. The van der Waals surface area contributed by atoms with E-state index in [1.807, 2.05) is 26.0 Å². The number of fused-ring (bicyclic) bond motifs is 1. The molecule has 6 heteroatoms. The number of benzene rings is 1. The molecule has 1 aromatic heterocycles. The number of amides is 1. The molecule has 0 unspecified atom stereocenters. The summed E-state index contributed by atoms with van der Waals surface area (Å²) >= 11 is 0. The highest BCUT2D eigenvalue weighted by molar-refractivity contribution is 6.07. The third-order valence-electron chi connectivity index (χ3n) is 3.41. The first kappa shape index (κ1) is 12.5. The summed E-state index contributed by atoms with van der Waals surface area (Å²) < 4.78 is 5.60. The summed E-state index contributed by atoms with van der Waals surface area (Å²) in [4.78, 5) is 12.4. The molecule has 0 bridgehead atoms. The average molecular weight is 272 g/mol. The van der Waals surface area contributed by atoms with Crippen LogP contribution in [0.15, 0.2) is 18.2 Å². The van der Waals surface area contributed by atoms with Crippen LogP contribution in [0.3, 0.4) is 0 Å². The lowest BCUT2D eigenvalue weighted by atomic mass is 10.1. The number of nitrogens with one attached hydrogen (secondary N) is 3. The zero-order valence-corrected chi connectivity index (χ0v) is 11.4. The fourth-order valence-electron chi connectivity index (χ4n) is 2.13. The van der Waals surface area contributed by atoms with Crippen molar-refractivity contribution in [3.63, 3.8) is 0 Å². The van der Waals surface area contributed by atoms with Gasteiger partial charge >= 0.3 is 0 Å². The van der Waals surface area contributed by atoms with Gasteiger partial charge in [0.2, 0.25) is 0 Å². The molecule has 0 spiro atoms. The van der Waals surface area contributed by atoms with Crippen molar-refractivity contribution in [2.24, 2.45) is 0 Å². The standard InChI is InChI=1S/C14H16N4O2/c1-8-9(2)17-18-13(8)16-14(19)10-4-3-5-11-12(10)20-7-6-15-11/h3-5,15H,6-7H2,1-2H3,(H2,16,17,18,19). The summed E-state index contributed by atoms with van der Waals surface area (Å²) in [6.45, 7) is 5.12. The van der Waals surface area contributed by atoms with Crippen LogP contribution in [0.2, 0.25) is 0 Å². The summed E-state index contributed by atoms with van der Waals surface area (Å²) in [7, 11) is 0. The largest absolute Gasteiger partial charge is 0.489 e. The Hall–Kier alpha value is -2.50. The van der Waals surface area contributed by atoms with Crippen molar-refractivity contribution < 1.29 is 9.53 Å². The summed E-state index contributed by atoms with van der Waals surface area (Å²) in [6, 6.07) is 5.48. The van der Waals surface area contributed by atoms with E-state index in [0.717, 1.165) is 23.5 Å². The Morgan fingerprint density at radius 1 is 1.40 bits per heavy atom. The summed E-state index contributed by atoms with van der Waals surface area (Å²) in [6.07, 6.45) is 0. The molecule has 1 aromatic carbocycles. The second kappa shape index (κ2) is 4.88. The number of rotatable bonds is 2. The number of carbonyl (C=O) groups is 1. The topological polar surface area (TPSA) is 79.0 Å². The second-order valence-corrected chi connectivity index (χ2v) is 4.73. The van der Waals surface area contributed by atoms with Crippen molar-refractivity contribution in [3.8, 4) is 5.75 Å². The third-order valence-corrected chi connectivity index (χ3v) is 3.41. The van der Waals surface area contributed by atoms with Crippen LogP contribution in [0.5, 0.6) is 5.75 Å². The molecule has 0 saturated carbocycles. The van der Waals surface area contributed by atoms with Crippen LogP contribution in [-0.2, 0) is 0 Å². The predicted molar refractivity (Wildman–Crippen MR) is 76.4 cm³/mol. The van der Waals surface area contributed by atoms with Crippen molar-refractivity contribution >= 4 is 17.4 Å². The molecule has 1 aliphatic heterocycles. The van der Waals surface area contributed by atoms with E-state index < -0.39 is 0 Å². The number of H-pyrrole nitrogens is 1. The number of hydrogen-bond donors (Lipinski definition) is 3. The highest BCUT2D eigenvalue weighted by Crippen LogP contribution is 2.31. The fourth-order valence-corrected chi connectivity index (χ4v) is 2.13. The first-order chi connectivity index (χ1) is 9.66. The number of carbonyl (C=O) groups excluding carboxylic acids is 1. The van der Waals surface area contributed by atoms with Crippen molar-refractivity contribution in [3.05, 3.63) is 35.0 Å². The maximum absolute atomic E-state index is 12.4. The molecule has 1 aliphatic rings. The Labute approximate surface area is 116 Å². The van der Waals surface area contributed by atoms with Crippen molar-refractivity contribution in [2.45, 2.75) is 13.8 Å². The normalized spacial score (nSPS) is 13.1. The summed E-state index contributed by atoms with van der Waals surface area (Å²) in [5, 5.41) is 12.9. The predicted octanol–water partition coefficient (Wildman–Crippen LogP) is 2.08. The molecular formula is C14H16N4O2. The van der Waals surface area contributed by atoms with Gasteiger partial charge in [0.05, 0.1) is 11.3 Å². The van der Waals surface area contributed by atoms with Gasteiger partial charge in [-0.1, -0.05) is 6.07 Å². The molecule has 0 aliphatic carbocycles. The molecule has 0 fully saturated rings. The number of anilines is 2. The van der Waals surface area contributed by atoms with Crippen LogP contribution in [0.4, 0.5) is 11.5 Å². The molecular weight excluding hydrogens is 256 g/mol. The Kier molecular flexibility index (Phi) is 3.06. The van der Waals surface area contributed by atoms with Gasteiger partial charge in [-0.25, -0.2) is 0 Å². The quantitative estimate of drug-likeness (QED) is 0.782. The maximum Gasteiger partial charge on any atom is 0.260 e. The Balaban J connectivity index is 1.89. The highest BCUT2D eigenvalue weighted by Gasteiger charge is 2.20. The summed E-state index contributed by atoms with van der Waals surface area (Å²) in [5.74, 6) is 0.926. The molecule has 3 N–H and O–H groups in total.